The molecular formula is C14H22N4O2. The second-order valence-corrected chi connectivity index (χ2v) is 5.18. The third kappa shape index (κ3) is 3.67. The first-order valence-corrected chi connectivity index (χ1v) is 6.75. The van der Waals surface area contributed by atoms with E-state index in [1.165, 1.54) is 4.57 Å². The molecule has 0 aliphatic carbocycles. The fourth-order valence-electron chi connectivity index (χ4n) is 1.93. The highest BCUT2D eigenvalue weighted by atomic mass is 16.2. The maximum atomic E-state index is 11.9. The van der Waals surface area contributed by atoms with E-state index in [2.05, 4.69) is 16.2 Å². The second kappa shape index (κ2) is 6.85. The number of nitrogens with one attached hydrogen (secondary N) is 2. The molecule has 1 aromatic rings. The normalized spacial score (nSPS) is 12.2. The predicted octanol–water partition coefficient (Wildman–Crippen LogP) is 0.989. The highest BCUT2D eigenvalue weighted by Crippen LogP contribution is 2.14. The minimum atomic E-state index is -0.538. The largest absolute Gasteiger partial charge is 0.383 e. The van der Waals surface area contributed by atoms with Crippen molar-refractivity contribution in [2.45, 2.75) is 46.2 Å². The van der Waals surface area contributed by atoms with Gasteiger partial charge in [-0.2, -0.15) is 0 Å². The SMILES string of the molecule is C#CC(CCC)Nc1c(N)n(CC(C)C)c(=O)[nH]c1=O. The minimum Gasteiger partial charge on any atom is -0.383 e. The highest BCUT2D eigenvalue weighted by Gasteiger charge is 2.15. The maximum absolute atomic E-state index is 11.9. The first kappa shape index (κ1) is 15.9. The fraction of sp³-hybridized carbons (Fsp3) is 0.571. The first-order valence-electron chi connectivity index (χ1n) is 6.75. The molecule has 20 heavy (non-hydrogen) atoms. The molecule has 110 valence electrons. The Balaban J connectivity index is 3.23. The Bertz CT molecular complexity index is 607. The molecule has 4 N–H and O–H groups in total. The third-order valence-electron chi connectivity index (χ3n) is 2.88. The lowest BCUT2D eigenvalue weighted by atomic mass is 10.1. The van der Waals surface area contributed by atoms with Gasteiger partial charge in [0.05, 0.1) is 6.04 Å². The van der Waals surface area contributed by atoms with Crippen molar-refractivity contribution in [3.8, 4) is 12.3 Å². The molecule has 0 spiro atoms. The molecular weight excluding hydrogens is 256 g/mol. The molecule has 0 aliphatic heterocycles. The molecule has 0 saturated carbocycles. The Labute approximate surface area is 118 Å². The topological polar surface area (TPSA) is 92.9 Å². The lowest BCUT2D eigenvalue weighted by Gasteiger charge is -2.18. The Morgan fingerprint density at radius 3 is 2.60 bits per heavy atom. The molecule has 1 heterocycles. The van der Waals surface area contributed by atoms with Gasteiger partial charge in [-0.3, -0.25) is 14.3 Å². The first-order chi connectivity index (χ1) is 9.40. The number of rotatable bonds is 6. The van der Waals surface area contributed by atoms with Gasteiger partial charge in [0.15, 0.2) is 0 Å². The second-order valence-electron chi connectivity index (χ2n) is 5.18. The van der Waals surface area contributed by atoms with Crippen molar-refractivity contribution in [3.63, 3.8) is 0 Å². The average molecular weight is 278 g/mol. The summed E-state index contributed by atoms with van der Waals surface area (Å²) in [4.78, 5) is 25.9. The van der Waals surface area contributed by atoms with Crippen LogP contribution in [-0.4, -0.2) is 15.6 Å². The number of nitrogens with two attached hydrogens (primary N) is 1. The molecule has 0 aliphatic rings. The van der Waals surface area contributed by atoms with E-state index in [9.17, 15) is 9.59 Å². The average Bonchev–Trinajstić information content (AvgIpc) is 2.37. The molecule has 0 fully saturated rings. The summed E-state index contributed by atoms with van der Waals surface area (Å²) in [5.41, 5.74) is 5.07. The highest BCUT2D eigenvalue weighted by molar-refractivity contribution is 5.61. The van der Waals surface area contributed by atoms with Gasteiger partial charge in [0.25, 0.3) is 5.56 Å². The van der Waals surface area contributed by atoms with Crippen LogP contribution in [0.15, 0.2) is 9.59 Å². The molecule has 0 bridgehead atoms. The predicted molar refractivity (Wildman–Crippen MR) is 81.7 cm³/mol. The number of hydrogen-bond acceptors (Lipinski definition) is 4. The van der Waals surface area contributed by atoms with Crippen molar-refractivity contribution < 1.29 is 0 Å². The monoisotopic (exact) mass is 278 g/mol. The van der Waals surface area contributed by atoms with E-state index in [1.54, 1.807) is 0 Å². The molecule has 1 atom stereocenters. The number of nitrogens with zero attached hydrogens (tertiary/aromatic N) is 1. The summed E-state index contributed by atoms with van der Waals surface area (Å²) in [5.74, 6) is 2.93. The van der Waals surface area contributed by atoms with Crippen molar-refractivity contribution in [1.29, 1.82) is 0 Å². The molecule has 0 radical (unpaired) electrons. The van der Waals surface area contributed by atoms with Crippen LogP contribution in [0.1, 0.15) is 33.6 Å². The van der Waals surface area contributed by atoms with Crippen molar-refractivity contribution in [2.75, 3.05) is 11.1 Å². The van der Waals surface area contributed by atoms with Crippen LogP contribution in [0.5, 0.6) is 0 Å². The van der Waals surface area contributed by atoms with Gasteiger partial charge >= 0.3 is 5.69 Å². The van der Waals surface area contributed by atoms with E-state index in [0.717, 1.165) is 12.8 Å². The summed E-state index contributed by atoms with van der Waals surface area (Å²) in [6.07, 6.45) is 7.02. The number of H-pyrrole nitrogens is 1. The van der Waals surface area contributed by atoms with Crippen LogP contribution >= 0.6 is 0 Å². The zero-order valence-electron chi connectivity index (χ0n) is 12.2. The number of aromatic amines is 1. The Morgan fingerprint density at radius 1 is 1.45 bits per heavy atom. The van der Waals surface area contributed by atoms with E-state index in [-0.39, 0.29) is 23.5 Å². The van der Waals surface area contributed by atoms with Crippen LogP contribution in [-0.2, 0) is 6.54 Å². The lowest BCUT2D eigenvalue weighted by molar-refractivity contribution is 0.508. The molecule has 6 nitrogen and oxygen atoms in total. The van der Waals surface area contributed by atoms with Gasteiger partial charge in [-0.25, -0.2) is 4.79 Å². The van der Waals surface area contributed by atoms with Crippen LogP contribution in [0.2, 0.25) is 0 Å². The van der Waals surface area contributed by atoms with E-state index in [4.69, 9.17) is 12.2 Å². The molecule has 1 rings (SSSR count). The standard InChI is InChI=1S/C14H22N4O2/c1-5-7-10(6-2)16-11-12(15)18(8-9(3)4)14(20)17-13(11)19/h2,9-10,16H,5,7-8,15H2,1,3-4H3,(H,17,19,20). The fourth-order valence-corrected chi connectivity index (χ4v) is 1.93. The summed E-state index contributed by atoms with van der Waals surface area (Å²) in [6, 6.07) is -0.284. The van der Waals surface area contributed by atoms with Crippen LogP contribution in [0, 0.1) is 18.3 Å². The molecule has 6 heteroatoms. The maximum Gasteiger partial charge on any atom is 0.330 e. The van der Waals surface area contributed by atoms with Gasteiger partial charge in [-0.05, 0) is 12.3 Å². The Kier molecular flexibility index (Phi) is 5.44. The van der Waals surface area contributed by atoms with Crippen LogP contribution in [0.3, 0.4) is 0 Å². The Hall–Kier alpha value is -2.16. The van der Waals surface area contributed by atoms with E-state index >= 15 is 0 Å². The third-order valence-corrected chi connectivity index (χ3v) is 2.88. The summed E-state index contributed by atoms with van der Waals surface area (Å²) in [7, 11) is 0. The number of aromatic nitrogens is 2. The summed E-state index contributed by atoms with van der Waals surface area (Å²) in [5, 5.41) is 2.94. The van der Waals surface area contributed by atoms with Crippen molar-refractivity contribution in [2.24, 2.45) is 5.92 Å². The smallest absolute Gasteiger partial charge is 0.330 e. The number of anilines is 2. The van der Waals surface area contributed by atoms with Gasteiger partial charge in [-0.15, -0.1) is 6.42 Å². The minimum absolute atomic E-state index is 0.129. The van der Waals surface area contributed by atoms with E-state index in [1.807, 2.05) is 20.8 Å². The van der Waals surface area contributed by atoms with E-state index < -0.39 is 11.2 Å². The van der Waals surface area contributed by atoms with Crippen LogP contribution in [0.4, 0.5) is 11.5 Å². The zero-order valence-corrected chi connectivity index (χ0v) is 12.2. The van der Waals surface area contributed by atoms with Crippen molar-refractivity contribution in [3.05, 3.63) is 20.8 Å². The molecule has 0 amide bonds. The number of hydrogen-bond donors (Lipinski definition) is 3. The zero-order chi connectivity index (χ0) is 15.3. The van der Waals surface area contributed by atoms with Crippen LogP contribution in [0.25, 0.3) is 0 Å². The molecule has 0 aromatic carbocycles. The van der Waals surface area contributed by atoms with Crippen LogP contribution < -0.4 is 22.3 Å². The summed E-state index contributed by atoms with van der Waals surface area (Å²) >= 11 is 0. The van der Waals surface area contributed by atoms with E-state index in [0.29, 0.717) is 6.54 Å². The molecule has 0 saturated heterocycles. The lowest BCUT2D eigenvalue weighted by Crippen LogP contribution is -2.36. The van der Waals surface area contributed by atoms with Crippen molar-refractivity contribution in [1.82, 2.24) is 9.55 Å². The molecule has 1 unspecified atom stereocenters. The van der Waals surface area contributed by atoms with Gasteiger partial charge in [0, 0.05) is 6.54 Å². The van der Waals surface area contributed by atoms with Gasteiger partial charge < -0.3 is 11.1 Å². The quantitative estimate of drug-likeness (QED) is 0.676. The summed E-state index contributed by atoms with van der Waals surface area (Å²) in [6.45, 7) is 6.36. The van der Waals surface area contributed by atoms with Gasteiger partial charge in [-0.1, -0.05) is 33.1 Å². The van der Waals surface area contributed by atoms with Gasteiger partial charge in [0.2, 0.25) is 0 Å². The summed E-state index contributed by atoms with van der Waals surface area (Å²) < 4.78 is 1.36. The van der Waals surface area contributed by atoms with Crippen molar-refractivity contribution >= 4 is 11.5 Å². The Morgan fingerprint density at radius 2 is 2.10 bits per heavy atom. The number of terminal acetylenes is 1. The molecule has 1 aromatic heterocycles. The van der Waals surface area contributed by atoms with Gasteiger partial charge in [0.1, 0.15) is 11.5 Å². The number of nitrogen functional groups attached to an aromatic ring is 1.